The maximum atomic E-state index is 12.5. The van der Waals surface area contributed by atoms with E-state index in [0.29, 0.717) is 5.69 Å². The molecule has 0 aliphatic heterocycles. The summed E-state index contributed by atoms with van der Waals surface area (Å²) in [5, 5.41) is 5.35. The van der Waals surface area contributed by atoms with Crippen molar-refractivity contribution in [2.45, 2.75) is 36.1 Å². The van der Waals surface area contributed by atoms with Gasteiger partial charge in [-0.05, 0) is 54.4 Å². The van der Waals surface area contributed by atoms with Crippen molar-refractivity contribution in [1.29, 1.82) is 0 Å². The number of anilines is 1. The van der Waals surface area contributed by atoms with E-state index < -0.39 is 12.1 Å². The van der Waals surface area contributed by atoms with E-state index in [-0.39, 0.29) is 11.8 Å². The summed E-state index contributed by atoms with van der Waals surface area (Å²) in [6, 6.07) is 14.3. The summed E-state index contributed by atoms with van der Waals surface area (Å²) in [7, 11) is 0. The molecule has 0 aromatic heterocycles. The van der Waals surface area contributed by atoms with Gasteiger partial charge in [-0.25, -0.2) is 4.79 Å². The second kappa shape index (κ2) is 9.64. The van der Waals surface area contributed by atoms with Gasteiger partial charge in [0.15, 0.2) is 0 Å². The number of halogens is 1. The smallest absolute Gasteiger partial charge is 0.312 e. The van der Waals surface area contributed by atoms with Crippen LogP contribution in [-0.4, -0.2) is 18.0 Å². The second-order valence-corrected chi connectivity index (χ2v) is 8.00. The predicted octanol–water partition coefficient (Wildman–Crippen LogP) is 4.62. The standard InChI is InChI=1S/C19H22BrN3O2S/c1-3-12(2)17(23-19(21)25)18(24)22-14-6-10-16(11-7-14)26-15-8-4-13(20)5-9-15/h4-12,17H,3H2,1-2H3,(H,22,24)(H3,21,23,25)/t12-,17-/m0/s1. The highest BCUT2D eigenvalue weighted by Gasteiger charge is 2.25. The van der Waals surface area contributed by atoms with Gasteiger partial charge in [0.05, 0.1) is 0 Å². The van der Waals surface area contributed by atoms with E-state index in [2.05, 4.69) is 26.6 Å². The monoisotopic (exact) mass is 435 g/mol. The van der Waals surface area contributed by atoms with Gasteiger partial charge in [0, 0.05) is 20.0 Å². The number of urea groups is 1. The summed E-state index contributed by atoms with van der Waals surface area (Å²) in [5.41, 5.74) is 5.86. The van der Waals surface area contributed by atoms with Gasteiger partial charge < -0.3 is 16.4 Å². The maximum absolute atomic E-state index is 12.5. The van der Waals surface area contributed by atoms with Crippen molar-refractivity contribution >= 4 is 45.3 Å². The van der Waals surface area contributed by atoms with Gasteiger partial charge in [-0.3, -0.25) is 4.79 Å². The summed E-state index contributed by atoms with van der Waals surface area (Å²) in [4.78, 5) is 25.8. The molecular formula is C19H22BrN3O2S. The fraction of sp³-hybridized carbons (Fsp3) is 0.263. The van der Waals surface area contributed by atoms with Crippen LogP contribution >= 0.6 is 27.7 Å². The molecule has 0 fully saturated rings. The number of hydrogen-bond donors (Lipinski definition) is 3. The molecule has 5 nitrogen and oxygen atoms in total. The maximum Gasteiger partial charge on any atom is 0.312 e. The lowest BCUT2D eigenvalue weighted by atomic mass is 9.98. The SMILES string of the molecule is CC[C@H](C)[C@H](NC(N)=O)C(=O)Nc1ccc(Sc2ccc(Br)cc2)cc1. The molecular weight excluding hydrogens is 414 g/mol. The van der Waals surface area contributed by atoms with Crippen LogP contribution in [0.5, 0.6) is 0 Å². The summed E-state index contributed by atoms with van der Waals surface area (Å²) in [5.74, 6) is -0.291. The average molecular weight is 436 g/mol. The molecule has 0 radical (unpaired) electrons. The first-order valence-corrected chi connectivity index (χ1v) is 9.90. The number of benzene rings is 2. The number of nitrogens with two attached hydrogens (primary N) is 1. The quantitative estimate of drug-likeness (QED) is 0.592. The van der Waals surface area contributed by atoms with Crippen molar-refractivity contribution in [3.8, 4) is 0 Å². The molecule has 0 saturated heterocycles. The molecule has 2 aromatic carbocycles. The highest BCUT2D eigenvalue weighted by atomic mass is 79.9. The van der Waals surface area contributed by atoms with Crippen molar-refractivity contribution in [3.05, 3.63) is 53.0 Å². The topological polar surface area (TPSA) is 84.2 Å². The molecule has 0 aliphatic rings. The lowest BCUT2D eigenvalue weighted by Gasteiger charge is -2.22. The minimum Gasteiger partial charge on any atom is -0.352 e. The van der Waals surface area contributed by atoms with E-state index in [0.717, 1.165) is 20.7 Å². The molecule has 3 amide bonds. The van der Waals surface area contributed by atoms with Crippen LogP contribution in [0.2, 0.25) is 0 Å². The molecule has 0 spiro atoms. The Morgan fingerprint density at radius 1 is 1.08 bits per heavy atom. The molecule has 0 saturated carbocycles. The molecule has 2 atom stereocenters. The Kier molecular flexibility index (Phi) is 7.53. The van der Waals surface area contributed by atoms with Crippen LogP contribution in [0.4, 0.5) is 10.5 Å². The average Bonchev–Trinajstić information content (AvgIpc) is 2.62. The van der Waals surface area contributed by atoms with E-state index in [9.17, 15) is 9.59 Å². The Balaban J connectivity index is 2.01. The van der Waals surface area contributed by atoms with Crippen LogP contribution in [0.1, 0.15) is 20.3 Å². The molecule has 0 heterocycles. The van der Waals surface area contributed by atoms with Crippen molar-refractivity contribution in [1.82, 2.24) is 5.32 Å². The number of primary amides is 1. The van der Waals surface area contributed by atoms with Crippen molar-refractivity contribution < 1.29 is 9.59 Å². The molecule has 26 heavy (non-hydrogen) atoms. The largest absolute Gasteiger partial charge is 0.352 e. The van der Waals surface area contributed by atoms with Crippen LogP contribution in [-0.2, 0) is 4.79 Å². The first-order chi connectivity index (χ1) is 12.4. The Morgan fingerprint density at radius 3 is 2.12 bits per heavy atom. The van der Waals surface area contributed by atoms with Crippen LogP contribution in [0, 0.1) is 5.92 Å². The molecule has 0 aliphatic carbocycles. The van der Waals surface area contributed by atoms with E-state index in [1.807, 2.05) is 62.4 Å². The third-order valence-electron chi connectivity index (χ3n) is 3.96. The van der Waals surface area contributed by atoms with Crippen molar-refractivity contribution in [2.24, 2.45) is 11.7 Å². The van der Waals surface area contributed by atoms with E-state index in [4.69, 9.17) is 5.73 Å². The van der Waals surface area contributed by atoms with Gasteiger partial charge in [-0.15, -0.1) is 0 Å². The minimum atomic E-state index is -0.702. The summed E-state index contributed by atoms with van der Waals surface area (Å²) in [6.07, 6.45) is 0.751. The van der Waals surface area contributed by atoms with E-state index in [1.165, 1.54) is 0 Å². The summed E-state index contributed by atoms with van der Waals surface area (Å²) in [6.45, 7) is 3.86. The summed E-state index contributed by atoms with van der Waals surface area (Å²) < 4.78 is 1.04. The third kappa shape index (κ3) is 6.07. The molecule has 7 heteroatoms. The van der Waals surface area contributed by atoms with Crippen LogP contribution in [0.25, 0.3) is 0 Å². The van der Waals surface area contributed by atoms with E-state index >= 15 is 0 Å². The Hall–Kier alpha value is -1.99. The van der Waals surface area contributed by atoms with Gasteiger partial charge >= 0.3 is 6.03 Å². The lowest BCUT2D eigenvalue weighted by Crippen LogP contribution is -2.49. The summed E-state index contributed by atoms with van der Waals surface area (Å²) >= 11 is 5.06. The second-order valence-electron chi connectivity index (χ2n) is 5.94. The first-order valence-electron chi connectivity index (χ1n) is 8.29. The Labute approximate surface area is 166 Å². The number of carbonyl (C=O) groups excluding carboxylic acids is 2. The van der Waals surface area contributed by atoms with Gasteiger partial charge in [-0.2, -0.15) is 0 Å². The molecule has 4 N–H and O–H groups in total. The highest BCUT2D eigenvalue weighted by Crippen LogP contribution is 2.29. The molecule has 138 valence electrons. The van der Waals surface area contributed by atoms with E-state index in [1.54, 1.807) is 11.8 Å². The first kappa shape index (κ1) is 20.3. The van der Waals surface area contributed by atoms with Crippen molar-refractivity contribution in [3.63, 3.8) is 0 Å². The number of nitrogens with one attached hydrogen (secondary N) is 2. The van der Waals surface area contributed by atoms with Crippen LogP contribution < -0.4 is 16.4 Å². The fourth-order valence-electron chi connectivity index (χ4n) is 2.32. The third-order valence-corrected chi connectivity index (χ3v) is 5.51. The van der Waals surface area contributed by atoms with Gasteiger partial charge in [0.25, 0.3) is 0 Å². The normalized spacial score (nSPS) is 12.9. The van der Waals surface area contributed by atoms with Gasteiger partial charge in [-0.1, -0.05) is 48.0 Å². The highest BCUT2D eigenvalue weighted by molar-refractivity contribution is 9.10. The van der Waals surface area contributed by atoms with Crippen LogP contribution in [0.15, 0.2) is 62.8 Å². The molecule has 2 rings (SSSR count). The molecule has 2 aromatic rings. The lowest BCUT2D eigenvalue weighted by molar-refractivity contribution is -0.119. The van der Waals surface area contributed by atoms with Gasteiger partial charge in [0.2, 0.25) is 5.91 Å². The molecule has 0 unspecified atom stereocenters. The zero-order valence-corrected chi connectivity index (χ0v) is 17.1. The number of amides is 3. The predicted molar refractivity (Wildman–Crippen MR) is 109 cm³/mol. The number of carbonyl (C=O) groups is 2. The Bertz CT molecular complexity index is 750. The number of rotatable bonds is 7. The zero-order chi connectivity index (χ0) is 19.1. The van der Waals surface area contributed by atoms with Crippen LogP contribution in [0.3, 0.4) is 0 Å². The Morgan fingerprint density at radius 2 is 1.62 bits per heavy atom. The zero-order valence-electron chi connectivity index (χ0n) is 14.7. The fourth-order valence-corrected chi connectivity index (χ4v) is 3.40. The minimum absolute atomic E-state index is 0.0188. The number of hydrogen-bond acceptors (Lipinski definition) is 3. The van der Waals surface area contributed by atoms with Gasteiger partial charge in [0.1, 0.15) is 6.04 Å². The molecule has 0 bridgehead atoms. The van der Waals surface area contributed by atoms with Crippen molar-refractivity contribution in [2.75, 3.05) is 5.32 Å².